The van der Waals surface area contributed by atoms with E-state index < -0.39 is 5.82 Å². The van der Waals surface area contributed by atoms with Gasteiger partial charge in [0.05, 0.1) is 18.5 Å². The van der Waals surface area contributed by atoms with Crippen LogP contribution in [0.1, 0.15) is 23.2 Å². The number of methoxy groups -OCH3 is 1. The number of para-hydroxylation sites is 1. The third-order valence-electron chi connectivity index (χ3n) is 5.40. The van der Waals surface area contributed by atoms with Crippen LogP contribution in [0.3, 0.4) is 0 Å². The summed E-state index contributed by atoms with van der Waals surface area (Å²) < 4.78 is 27.3. The molecule has 0 aliphatic carbocycles. The Morgan fingerprint density at radius 1 is 1.03 bits per heavy atom. The van der Waals surface area contributed by atoms with Crippen molar-refractivity contribution < 1.29 is 18.7 Å². The maximum absolute atomic E-state index is 14.4. The van der Waals surface area contributed by atoms with Gasteiger partial charge < -0.3 is 14.8 Å². The van der Waals surface area contributed by atoms with E-state index in [2.05, 4.69) is 10.4 Å². The molecule has 7 heteroatoms. The van der Waals surface area contributed by atoms with Gasteiger partial charge in [-0.05, 0) is 74.4 Å². The Bertz CT molecular complexity index is 1300. The van der Waals surface area contributed by atoms with Crippen LogP contribution in [0.5, 0.6) is 17.4 Å². The number of amides is 1. The molecular weight excluding hydrogens is 433 g/mol. The highest BCUT2D eigenvalue weighted by Gasteiger charge is 2.21. The lowest BCUT2D eigenvalue weighted by atomic mass is 10.1. The van der Waals surface area contributed by atoms with Crippen LogP contribution < -0.4 is 14.8 Å². The lowest BCUT2D eigenvalue weighted by molar-refractivity contribution is -0.116. The Kier molecular flexibility index (Phi) is 6.92. The molecule has 1 heterocycles. The number of carbonyl (C=O) groups excluding carboxylic acids is 1. The molecule has 4 rings (SSSR count). The number of nitrogens with zero attached hydrogens (tertiary/aromatic N) is 2. The first-order valence-corrected chi connectivity index (χ1v) is 11.0. The minimum atomic E-state index is -0.481. The number of ether oxygens (including phenoxy) is 2. The van der Waals surface area contributed by atoms with Crippen molar-refractivity contribution in [2.75, 3.05) is 12.4 Å². The summed E-state index contributed by atoms with van der Waals surface area (Å²) in [6, 6.07) is 21.1. The van der Waals surface area contributed by atoms with E-state index in [9.17, 15) is 9.18 Å². The van der Waals surface area contributed by atoms with Crippen molar-refractivity contribution in [2.24, 2.45) is 0 Å². The van der Waals surface area contributed by atoms with Crippen LogP contribution in [0.15, 0.2) is 72.8 Å². The molecule has 34 heavy (non-hydrogen) atoms. The highest BCUT2D eigenvalue weighted by Crippen LogP contribution is 2.33. The molecule has 0 radical (unpaired) electrons. The zero-order valence-corrected chi connectivity index (χ0v) is 19.3. The number of aromatic nitrogens is 2. The predicted octanol–water partition coefficient (Wildman–Crippen LogP) is 6.00. The van der Waals surface area contributed by atoms with Gasteiger partial charge in [-0.15, -0.1) is 0 Å². The van der Waals surface area contributed by atoms with Gasteiger partial charge in [-0.2, -0.15) is 5.10 Å². The Labute approximate surface area is 198 Å². The number of nitrogens with one attached hydrogen (secondary N) is 1. The van der Waals surface area contributed by atoms with Gasteiger partial charge in [0.25, 0.3) is 0 Å². The van der Waals surface area contributed by atoms with Gasteiger partial charge in [-0.3, -0.25) is 4.79 Å². The summed E-state index contributed by atoms with van der Waals surface area (Å²) in [7, 11) is 1.60. The summed E-state index contributed by atoms with van der Waals surface area (Å²) in [4.78, 5) is 12.6. The minimum Gasteiger partial charge on any atom is -0.497 e. The Hall–Kier alpha value is -4.13. The monoisotopic (exact) mass is 459 g/mol. The molecule has 4 aromatic rings. The Morgan fingerprint density at radius 2 is 1.79 bits per heavy atom. The van der Waals surface area contributed by atoms with Crippen LogP contribution in [0, 0.1) is 19.7 Å². The average Bonchev–Trinajstić information content (AvgIpc) is 3.14. The van der Waals surface area contributed by atoms with Crippen molar-refractivity contribution >= 4 is 11.6 Å². The number of hydrogen-bond donors (Lipinski definition) is 1. The van der Waals surface area contributed by atoms with Gasteiger partial charge in [0.1, 0.15) is 5.75 Å². The smallest absolute Gasteiger partial charge is 0.226 e. The van der Waals surface area contributed by atoms with Crippen molar-refractivity contribution in [3.05, 3.63) is 95.4 Å². The second kappa shape index (κ2) is 10.2. The van der Waals surface area contributed by atoms with Crippen molar-refractivity contribution in [2.45, 2.75) is 26.7 Å². The molecule has 0 atom stereocenters. The first-order chi connectivity index (χ1) is 16.4. The number of rotatable bonds is 8. The van der Waals surface area contributed by atoms with E-state index in [-0.39, 0.29) is 18.1 Å². The fourth-order valence-electron chi connectivity index (χ4n) is 3.65. The van der Waals surface area contributed by atoms with E-state index in [1.54, 1.807) is 30.0 Å². The lowest BCUT2D eigenvalue weighted by Crippen LogP contribution is -2.12. The van der Waals surface area contributed by atoms with E-state index in [1.165, 1.54) is 6.07 Å². The van der Waals surface area contributed by atoms with Crippen molar-refractivity contribution in [3.8, 4) is 23.1 Å². The number of aryl methyl sites for hydroxylation is 2. The number of anilines is 1. The molecule has 0 bridgehead atoms. The first kappa shape index (κ1) is 23.0. The van der Waals surface area contributed by atoms with E-state index >= 15 is 0 Å². The Morgan fingerprint density at radius 3 is 2.50 bits per heavy atom. The maximum Gasteiger partial charge on any atom is 0.226 e. The average molecular weight is 460 g/mol. The van der Waals surface area contributed by atoms with E-state index in [0.29, 0.717) is 23.7 Å². The van der Waals surface area contributed by atoms with Crippen LogP contribution in [-0.2, 0) is 11.2 Å². The SMILES string of the molecule is COc1ccc(-n2nc(C)c(CCC(=O)Nc3cccc(C)c3)c2Oc2ccccc2F)cc1. The van der Waals surface area contributed by atoms with Crippen LogP contribution in [0.25, 0.3) is 5.69 Å². The molecule has 0 spiro atoms. The quantitative estimate of drug-likeness (QED) is 0.351. The molecule has 0 saturated carbocycles. The first-order valence-electron chi connectivity index (χ1n) is 11.0. The standard InChI is InChI=1S/C27H26FN3O3/c1-18-7-6-8-20(17-18)29-26(32)16-15-23-19(2)30-31(21-11-13-22(33-3)14-12-21)27(23)34-25-10-5-4-9-24(25)28/h4-14,17H,15-16H2,1-3H3,(H,29,32). The second-order valence-electron chi connectivity index (χ2n) is 7.93. The molecule has 1 amide bonds. The molecule has 174 valence electrons. The van der Waals surface area contributed by atoms with Gasteiger partial charge in [0.2, 0.25) is 11.8 Å². The minimum absolute atomic E-state index is 0.0858. The normalized spacial score (nSPS) is 10.7. The highest BCUT2D eigenvalue weighted by molar-refractivity contribution is 5.90. The summed E-state index contributed by atoms with van der Waals surface area (Å²) in [6.45, 7) is 3.82. The topological polar surface area (TPSA) is 65.4 Å². The summed E-state index contributed by atoms with van der Waals surface area (Å²) >= 11 is 0. The van der Waals surface area contributed by atoms with Gasteiger partial charge >= 0.3 is 0 Å². The predicted molar refractivity (Wildman–Crippen MR) is 129 cm³/mol. The van der Waals surface area contributed by atoms with Crippen LogP contribution >= 0.6 is 0 Å². The second-order valence-corrected chi connectivity index (χ2v) is 7.93. The van der Waals surface area contributed by atoms with Crippen LogP contribution in [-0.4, -0.2) is 22.8 Å². The summed E-state index contributed by atoms with van der Waals surface area (Å²) in [5.41, 5.74) is 3.98. The zero-order valence-electron chi connectivity index (χ0n) is 19.3. The van der Waals surface area contributed by atoms with Gasteiger partial charge in [0, 0.05) is 17.7 Å². The fraction of sp³-hybridized carbons (Fsp3) is 0.185. The molecule has 0 saturated heterocycles. The molecule has 0 aliphatic rings. The Balaban J connectivity index is 1.63. The molecule has 3 aromatic carbocycles. The molecule has 0 aliphatic heterocycles. The molecule has 0 unspecified atom stereocenters. The number of halogens is 1. The third kappa shape index (κ3) is 5.26. The molecule has 1 N–H and O–H groups in total. The van der Waals surface area contributed by atoms with E-state index in [0.717, 1.165) is 22.5 Å². The van der Waals surface area contributed by atoms with Crippen LogP contribution in [0.2, 0.25) is 0 Å². The number of hydrogen-bond acceptors (Lipinski definition) is 4. The highest BCUT2D eigenvalue weighted by atomic mass is 19.1. The maximum atomic E-state index is 14.4. The fourth-order valence-corrected chi connectivity index (χ4v) is 3.65. The number of benzene rings is 3. The van der Waals surface area contributed by atoms with Gasteiger partial charge in [-0.25, -0.2) is 9.07 Å². The third-order valence-corrected chi connectivity index (χ3v) is 5.40. The molecule has 0 fully saturated rings. The van der Waals surface area contributed by atoms with Gasteiger partial charge in [0.15, 0.2) is 11.6 Å². The van der Waals surface area contributed by atoms with Crippen molar-refractivity contribution in [1.82, 2.24) is 9.78 Å². The molecular formula is C27H26FN3O3. The van der Waals surface area contributed by atoms with Gasteiger partial charge in [-0.1, -0.05) is 24.3 Å². The van der Waals surface area contributed by atoms with E-state index in [4.69, 9.17) is 9.47 Å². The lowest BCUT2D eigenvalue weighted by Gasteiger charge is -2.12. The molecule has 1 aromatic heterocycles. The molecule has 6 nitrogen and oxygen atoms in total. The number of carbonyl (C=O) groups is 1. The van der Waals surface area contributed by atoms with Crippen LogP contribution in [0.4, 0.5) is 10.1 Å². The zero-order chi connectivity index (χ0) is 24.1. The van der Waals surface area contributed by atoms with E-state index in [1.807, 2.05) is 62.4 Å². The largest absolute Gasteiger partial charge is 0.497 e. The summed E-state index contributed by atoms with van der Waals surface area (Å²) in [6.07, 6.45) is 0.597. The van der Waals surface area contributed by atoms with Crippen molar-refractivity contribution in [3.63, 3.8) is 0 Å². The summed E-state index contributed by atoms with van der Waals surface area (Å²) in [5, 5.41) is 7.55. The summed E-state index contributed by atoms with van der Waals surface area (Å²) in [5.74, 6) is 0.556. The van der Waals surface area contributed by atoms with Crippen molar-refractivity contribution in [1.29, 1.82) is 0 Å².